The monoisotopic (exact) mass is 499 g/mol. The number of halogens is 4. The maximum Gasteiger partial charge on any atom is 0.175 e. The van der Waals surface area contributed by atoms with Gasteiger partial charge in [0.1, 0.15) is 6.61 Å². The third kappa shape index (κ3) is 5.26. The van der Waals surface area contributed by atoms with E-state index in [1.807, 2.05) is 36.4 Å². The number of rotatable bonds is 7. The Labute approximate surface area is 187 Å². The minimum absolute atomic E-state index is 0.338. The molecule has 0 saturated carbocycles. The van der Waals surface area contributed by atoms with Gasteiger partial charge >= 0.3 is 0 Å². The molecule has 0 spiro atoms. The van der Waals surface area contributed by atoms with Gasteiger partial charge < -0.3 is 14.8 Å². The molecule has 0 radical (unpaired) electrons. The lowest BCUT2D eigenvalue weighted by atomic mass is 10.2. The zero-order valence-corrected chi connectivity index (χ0v) is 18.8. The molecule has 0 bridgehead atoms. The Balaban J connectivity index is 1.75. The molecule has 0 unspecified atom stereocenters. The second kappa shape index (κ2) is 9.75. The van der Waals surface area contributed by atoms with Gasteiger partial charge in [-0.2, -0.15) is 0 Å². The van der Waals surface area contributed by atoms with Crippen LogP contribution >= 0.6 is 50.7 Å². The van der Waals surface area contributed by atoms with Crippen molar-refractivity contribution in [1.82, 2.24) is 0 Å². The van der Waals surface area contributed by atoms with Crippen molar-refractivity contribution in [3.05, 3.63) is 85.3 Å². The van der Waals surface area contributed by atoms with Crippen molar-refractivity contribution in [3.8, 4) is 11.5 Å². The van der Waals surface area contributed by atoms with Crippen LogP contribution in [0.1, 0.15) is 11.1 Å². The summed E-state index contributed by atoms with van der Waals surface area (Å²) >= 11 is 22.0. The van der Waals surface area contributed by atoms with Crippen LogP contribution in [0.2, 0.25) is 15.1 Å². The molecule has 0 aliphatic rings. The third-order valence-corrected chi connectivity index (χ3v) is 5.55. The lowest BCUT2D eigenvalue weighted by Gasteiger charge is -2.16. The molecular formula is C21H17BrCl3NO2. The molecular weight excluding hydrogens is 484 g/mol. The number of benzene rings is 3. The van der Waals surface area contributed by atoms with Crippen molar-refractivity contribution in [2.75, 3.05) is 12.4 Å². The maximum absolute atomic E-state index is 6.20. The number of methoxy groups -OCH3 is 1. The van der Waals surface area contributed by atoms with Crippen LogP contribution in [-0.4, -0.2) is 7.11 Å². The lowest BCUT2D eigenvalue weighted by Crippen LogP contribution is -2.03. The molecule has 1 N–H and O–H groups in total. The Hall–Kier alpha value is -1.59. The summed E-state index contributed by atoms with van der Waals surface area (Å²) in [4.78, 5) is 0. The van der Waals surface area contributed by atoms with Crippen LogP contribution < -0.4 is 14.8 Å². The number of hydrogen-bond acceptors (Lipinski definition) is 3. The molecule has 3 rings (SSSR count). The van der Waals surface area contributed by atoms with Gasteiger partial charge in [-0.1, -0.05) is 53.0 Å². The molecule has 0 saturated heterocycles. The quantitative estimate of drug-likeness (QED) is 0.361. The highest BCUT2D eigenvalue weighted by Gasteiger charge is 2.13. The first-order valence-corrected chi connectivity index (χ1v) is 10.3. The maximum atomic E-state index is 6.20. The molecule has 3 nitrogen and oxygen atoms in total. The van der Waals surface area contributed by atoms with Crippen LogP contribution in [0.3, 0.4) is 0 Å². The summed E-state index contributed by atoms with van der Waals surface area (Å²) in [6.45, 7) is 0.879. The summed E-state index contributed by atoms with van der Waals surface area (Å²) < 4.78 is 12.3. The first kappa shape index (κ1) is 21.1. The van der Waals surface area contributed by atoms with E-state index in [1.54, 1.807) is 25.3 Å². The highest BCUT2D eigenvalue weighted by atomic mass is 79.9. The van der Waals surface area contributed by atoms with E-state index in [0.29, 0.717) is 39.7 Å². The summed E-state index contributed by atoms with van der Waals surface area (Å²) in [6.07, 6.45) is 0. The highest BCUT2D eigenvalue weighted by Crippen LogP contribution is 2.38. The first-order chi connectivity index (χ1) is 13.5. The predicted octanol–water partition coefficient (Wildman–Crippen LogP) is 7.61. The van der Waals surface area contributed by atoms with E-state index >= 15 is 0 Å². The van der Waals surface area contributed by atoms with Crippen LogP contribution in [0.4, 0.5) is 5.69 Å². The second-order valence-corrected chi connectivity index (χ2v) is 8.07. The van der Waals surface area contributed by atoms with E-state index in [9.17, 15) is 0 Å². The molecule has 0 aliphatic carbocycles. The zero-order valence-electron chi connectivity index (χ0n) is 14.9. The Morgan fingerprint density at radius 3 is 2.50 bits per heavy atom. The fourth-order valence-corrected chi connectivity index (χ4v) is 3.76. The molecule has 0 fully saturated rings. The molecule has 146 valence electrons. The summed E-state index contributed by atoms with van der Waals surface area (Å²) in [7, 11) is 1.61. The molecule has 3 aromatic carbocycles. The number of hydrogen-bond donors (Lipinski definition) is 1. The van der Waals surface area contributed by atoms with E-state index in [-0.39, 0.29) is 0 Å². The molecule has 0 atom stereocenters. The predicted molar refractivity (Wildman–Crippen MR) is 120 cm³/mol. The Kier molecular flexibility index (Phi) is 7.36. The highest BCUT2D eigenvalue weighted by molar-refractivity contribution is 9.10. The van der Waals surface area contributed by atoms with Gasteiger partial charge in [-0.05, 0) is 57.9 Å². The smallest absolute Gasteiger partial charge is 0.175 e. The molecule has 0 amide bonds. The fraction of sp³-hybridized carbons (Fsp3) is 0.143. The Bertz CT molecular complexity index is 982. The van der Waals surface area contributed by atoms with Crippen molar-refractivity contribution in [2.24, 2.45) is 0 Å². The van der Waals surface area contributed by atoms with Crippen LogP contribution in [0.15, 0.2) is 59.1 Å². The summed E-state index contributed by atoms with van der Waals surface area (Å²) in [5, 5.41) is 5.17. The molecule has 0 aliphatic heterocycles. The van der Waals surface area contributed by atoms with Gasteiger partial charge in [0, 0.05) is 22.2 Å². The standard InChI is InChI=1S/C21H17BrCl3NO2/c1-27-20-9-13(11-26-19-10-15(23)6-7-18(19)25)8-16(22)21(20)28-12-14-4-2-3-5-17(14)24/h2-10,26H,11-12H2,1H3. The van der Waals surface area contributed by atoms with Gasteiger partial charge in [0.25, 0.3) is 0 Å². The summed E-state index contributed by atoms with van der Waals surface area (Å²) in [5.41, 5.74) is 2.66. The largest absolute Gasteiger partial charge is 0.493 e. The van der Waals surface area contributed by atoms with Crippen molar-refractivity contribution >= 4 is 56.4 Å². The van der Waals surface area contributed by atoms with E-state index in [1.165, 1.54) is 0 Å². The van der Waals surface area contributed by atoms with Gasteiger partial charge in [-0.25, -0.2) is 0 Å². The van der Waals surface area contributed by atoms with E-state index < -0.39 is 0 Å². The van der Waals surface area contributed by atoms with Crippen molar-refractivity contribution in [3.63, 3.8) is 0 Å². The van der Waals surface area contributed by atoms with Gasteiger partial charge in [-0.15, -0.1) is 0 Å². The average Bonchev–Trinajstić information content (AvgIpc) is 2.68. The summed E-state index contributed by atoms with van der Waals surface area (Å²) in [6, 6.07) is 16.8. The number of anilines is 1. The Morgan fingerprint density at radius 1 is 0.964 bits per heavy atom. The Morgan fingerprint density at radius 2 is 1.75 bits per heavy atom. The van der Waals surface area contributed by atoms with Crippen LogP contribution in [0.5, 0.6) is 11.5 Å². The number of ether oxygens (including phenoxy) is 2. The second-order valence-electron chi connectivity index (χ2n) is 5.97. The van der Waals surface area contributed by atoms with E-state index in [0.717, 1.165) is 21.3 Å². The van der Waals surface area contributed by atoms with Crippen molar-refractivity contribution in [1.29, 1.82) is 0 Å². The van der Waals surface area contributed by atoms with Crippen molar-refractivity contribution in [2.45, 2.75) is 13.2 Å². The van der Waals surface area contributed by atoms with Crippen LogP contribution in [-0.2, 0) is 13.2 Å². The van der Waals surface area contributed by atoms with Gasteiger partial charge in [0.05, 0.1) is 22.3 Å². The van der Waals surface area contributed by atoms with Gasteiger partial charge in [-0.3, -0.25) is 0 Å². The molecule has 7 heteroatoms. The molecule has 0 heterocycles. The minimum atomic E-state index is 0.338. The first-order valence-electron chi connectivity index (χ1n) is 8.39. The minimum Gasteiger partial charge on any atom is -0.493 e. The van der Waals surface area contributed by atoms with E-state index in [2.05, 4.69) is 21.2 Å². The SMILES string of the molecule is COc1cc(CNc2cc(Cl)ccc2Cl)cc(Br)c1OCc1ccccc1Cl. The molecule has 0 aromatic heterocycles. The molecule has 3 aromatic rings. The lowest BCUT2D eigenvalue weighted by molar-refractivity contribution is 0.282. The molecule has 28 heavy (non-hydrogen) atoms. The van der Waals surface area contributed by atoms with Crippen LogP contribution in [0, 0.1) is 0 Å². The van der Waals surface area contributed by atoms with Gasteiger partial charge in [0.15, 0.2) is 11.5 Å². The van der Waals surface area contributed by atoms with Crippen molar-refractivity contribution < 1.29 is 9.47 Å². The fourth-order valence-electron chi connectivity index (χ4n) is 2.61. The van der Waals surface area contributed by atoms with E-state index in [4.69, 9.17) is 44.3 Å². The topological polar surface area (TPSA) is 30.5 Å². The third-order valence-electron chi connectivity index (χ3n) is 4.03. The normalized spacial score (nSPS) is 10.6. The van der Waals surface area contributed by atoms with Gasteiger partial charge in [0.2, 0.25) is 0 Å². The average molecular weight is 502 g/mol. The summed E-state index contributed by atoms with van der Waals surface area (Å²) in [5.74, 6) is 1.24. The zero-order chi connectivity index (χ0) is 20.1. The number of nitrogens with one attached hydrogen (secondary N) is 1. The van der Waals surface area contributed by atoms with Crippen LogP contribution in [0.25, 0.3) is 0 Å².